The molecule has 24 heavy (non-hydrogen) atoms. The van der Waals surface area contributed by atoms with Crippen molar-refractivity contribution >= 4 is 9.84 Å². The predicted octanol–water partition coefficient (Wildman–Crippen LogP) is 2.14. The highest BCUT2D eigenvalue weighted by molar-refractivity contribution is 7.91. The van der Waals surface area contributed by atoms with Crippen molar-refractivity contribution in [2.45, 2.75) is 44.3 Å². The van der Waals surface area contributed by atoms with Gasteiger partial charge in [-0.2, -0.15) is 4.98 Å². The molecule has 128 valence electrons. The number of sulfone groups is 1. The van der Waals surface area contributed by atoms with Crippen LogP contribution in [0.25, 0.3) is 0 Å². The molecule has 1 saturated heterocycles. The SMILES string of the molecule is O=S1(=O)CC[C@H](N(Cc2ccccc2)Cc2nc(C3CC3)no2)C1. The minimum atomic E-state index is -2.93. The highest BCUT2D eigenvalue weighted by atomic mass is 32.2. The zero-order valence-electron chi connectivity index (χ0n) is 13.5. The van der Waals surface area contributed by atoms with Crippen LogP contribution >= 0.6 is 0 Å². The Morgan fingerprint density at radius 1 is 1.12 bits per heavy atom. The zero-order valence-corrected chi connectivity index (χ0v) is 14.3. The third kappa shape index (κ3) is 3.67. The monoisotopic (exact) mass is 347 g/mol. The highest BCUT2D eigenvalue weighted by Crippen LogP contribution is 2.38. The molecule has 2 heterocycles. The molecule has 0 radical (unpaired) electrons. The van der Waals surface area contributed by atoms with Gasteiger partial charge in [-0.25, -0.2) is 8.42 Å². The van der Waals surface area contributed by atoms with Crippen molar-refractivity contribution in [2.24, 2.45) is 0 Å². The van der Waals surface area contributed by atoms with Crippen LogP contribution in [0.3, 0.4) is 0 Å². The minimum absolute atomic E-state index is 0.00600. The van der Waals surface area contributed by atoms with E-state index in [4.69, 9.17) is 4.52 Å². The molecule has 0 unspecified atom stereocenters. The van der Waals surface area contributed by atoms with E-state index < -0.39 is 9.84 Å². The van der Waals surface area contributed by atoms with Crippen LogP contribution in [0.15, 0.2) is 34.9 Å². The normalized spacial score (nSPS) is 23.0. The van der Waals surface area contributed by atoms with Crippen molar-refractivity contribution < 1.29 is 12.9 Å². The number of aromatic nitrogens is 2. The van der Waals surface area contributed by atoms with Gasteiger partial charge in [-0.15, -0.1) is 0 Å². The largest absolute Gasteiger partial charge is 0.338 e. The molecule has 1 aliphatic carbocycles. The summed E-state index contributed by atoms with van der Waals surface area (Å²) in [5.41, 5.74) is 1.16. The first-order valence-corrected chi connectivity index (χ1v) is 10.2. The molecule has 2 aliphatic rings. The summed E-state index contributed by atoms with van der Waals surface area (Å²) >= 11 is 0. The predicted molar refractivity (Wildman–Crippen MR) is 89.0 cm³/mol. The number of rotatable bonds is 6. The van der Waals surface area contributed by atoms with E-state index in [1.54, 1.807) is 0 Å². The molecule has 4 rings (SSSR count). The van der Waals surface area contributed by atoms with Gasteiger partial charge >= 0.3 is 0 Å². The van der Waals surface area contributed by atoms with Crippen molar-refractivity contribution in [1.82, 2.24) is 15.0 Å². The Labute approximate surface area is 141 Å². The molecular formula is C17H21N3O3S. The fraction of sp³-hybridized carbons (Fsp3) is 0.529. The second kappa shape index (κ2) is 6.29. The number of hydrogen-bond acceptors (Lipinski definition) is 6. The van der Waals surface area contributed by atoms with E-state index in [0.717, 1.165) is 24.2 Å². The van der Waals surface area contributed by atoms with Crippen molar-refractivity contribution in [3.8, 4) is 0 Å². The molecule has 2 aromatic rings. The van der Waals surface area contributed by atoms with Crippen LogP contribution in [0.2, 0.25) is 0 Å². The van der Waals surface area contributed by atoms with Crippen LogP contribution in [-0.2, 0) is 22.9 Å². The lowest BCUT2D eigenvalue weighted by molar-refractivity contribution is 0.169. The quantitative estimate of drug-likeness (QED) is 0.797. The van der Waals surface area contributed by atoms with Gasteiger partial charge < -0.3 is 4.52 Å². The van der Waals surface area contributed by atoms with E-state index in [1.807, 2.05) is 18.2 Å². The van der Waals surface area contributed by atoms with Gasteiger partial charge in [0.15, 0.2) is 15.7 Å². The molecule has 0 amide bonds. The van der Waals surface area contributed by atoms with Gasteiger partial charge in [0.05, 0.1) is 18.1 Å². The molecule has 1 saturated carbocycles. The topological polar surface area (TPSA) is 76.3 Å². The van der Waals surface area contributed by atoms with Crippen LogP contribution in [0.5, 0.6) is 0 Å². The van der Waals surface area contributed by atoms with Crippen LogP contribution in [0.1, 0.15) is 42.5 Å². The average molecular weight is 347 g/mol. The van der Waals surface area contributed by atoms with E-state index in [-0.39, 0.29) is 17.5 Å². The molecule has 7 heteroatoms. The Kier molecular flexibility index (Phi) is 4.14. The van der Waals surface area contributed by atoms with Gasteiger partial charge in [0.2, 0.25) is 5.89 Å². The summed E-state index contributed by atoms with van der Waals surface area (Å²) in [6, 6.07) is 10.1. The number of nitrogens with zero attached hydrogens (tertiary/aromatic N) is 3. The Morgan fingerprint density at radius 2 is 1.92 bits per heavy atom. The van der Waals surface area contributed by atoms with E-state index in [1.165, 1.54) is 0 Å². The van der Waals surface area contributed by atoms with E-state index in [2.05, 4.69) is 27.2 Å². The second-order valence-corrected chi connectivity index (χ2v) is 9.00. The molecular weight excluding hydrogens is 326 g/mol. The Morgan fingerprint density at radius 3 is 2.58 bits per heavy atom. The molecule has 1 atom stereocenters. The lowest BCUT2D eigenvalue weighted by atomic mass is 10.1. The first kappa shape index (κ1) is 15.8. The maximum atomic E-state index is 11.9. The summed E-state index contributed by atoms with van der Waals surface area (Å²) in [5.74, 6) is 2.31. The summed E-state index contributed by atoms with van der Waals surface area (Å²) in [7, 11) is -2.93. The zero-order chi connectivity index (χ0) is 16.6. The summed E-state index contributed by atoms with van der Waals surface area (Å²) in [4.78, 5) is 6.65. The molecule has 1 aromatic heterocycles. The van der Waals surface area contributed by atoms with E-state index in [0.29, 0.717) is 31.3 Å². The summed E-state index contributed by atoms with van der Waals surface area (Å²) < 4.78 is 29.1. The third-order valence-corrected chi connectivity index (χ3v) is 6.47. The highest BCUT2D eigenvalue weighted by Gasteiger charge is 2.34. The van der Waals surface area contributed by atoms with Gasteiger partial charge in [0.1, 0.15) is 0 Å². The number of hydrogen-bond donors (Lipinski definition) is 0. The molecule has 0 N–H and O–H groups in total. The fourth-order valence-corrected chi connectivity index (χ4v) is 4.97. The van der Waals surface area contributed by atoms with Gasteiger partial charge in [-0.1, -0.05) is 35.5 Å². The van der Waals surface area contributed by atoms with Gasteiger partial charge in [-0.05, 0) is 24.8 Å². The lowest BCUT2D eigenvalue weighted by Crippen LogP contribution is -2.35. The molecule has 0 bridgehead atoms. The first-order chi connectivity index (χ1) is 11.6. The average Bonchev–Trinajstić information content (AvgIpc) is 3.20. The van der Waals surface area contributed by atoms with Crippen molar-refractivity contribution in [3.63, 3.8) is 0 Å². The van der Waals surface area contributed by atoms with Crippen LogP contribution in [0.4, 0.5) is 0 Å². The van der Waals surface area contributed by atoms with Gasteiger partial charge in [0.25, 0.3) is 0 Å². The van der Waals surface area contributed by atoms with Crippen molar-refractivity contribution in [2.75, 3.05) is 11.5 Å². The molecule has 1 aliphatic heterocycles. The Balaban J connectivity index is 1.52. The van der Waals surface area contributed by atoms with Gasteiger partial charge in [-0.3, -0.25) is 4.90 Å². The molecule has 0 spiro atoms. The smallest absolute Gasteiger partial charge is 0.240 e. The van der Waals surface area contributed by atoms with Crippen molar-refractivity contribution in [1.29, 1.82) is 0 Å². The maximum absolute atomic E-state index is 11.9. The molecule has 2 fully saturated rings. The van der Waals surface area contributed by atoms with E-state index in [9.17, 15) is 8.42 Å². The number of benzene rings is 1. The Bertz CT molecular complexity index is 799. The minimum Gasteiger partial charge on any atom is -0.338 e. The lowest BCUT2D eigenvalue weighted by Gasteiger charge is -2.26. The van der Waals surface area contributed by atoms with Gasteiger partial charge in [0, 0.05) is 18.5 Å². The van der Waals surface area contributed by atoms with Crippen LogP contribution in [-0.4, -0.2) is 41.0 Å². The molecule has 6 nitrogen and oxygen atoms in total. The van der Waals surface area contributed by atoms with E-state index >= 15 is 0 Å². The first-order valence-electron chi connectivity index (χ1n) is 8.40. The van der Waals surface area contributed by atoms with Crippen LogP contribution in [0, 0.1) is 0 Å². The summed E-state index contributed by atoms with van der Waals surface area (Å²) in [6.07, 6.45) is 2.93. The Hall–Kier alpha value is -1.73. The maximum Gasteiger partial charge on any atom is 0.240 e. The molecule has 1 aromatic carbocycles. The second-order valence-electron chi connectivity index (χ2n) is 6.77. The van der Waals surface area contributed by atoms with Crippen molar-refractivity contribution in [3.05, 3.63) is 47.6 Å². The standard InChI is InChI=1S/C17H21N3O3S/c21-24(22)9-8-15(12-24)20(10-13-4-2-1-3-5-13)11-16-18-17(19-23-16)14-6-7-14/h1-5,14-15H,6-12H2/t15-/m0/s1. The van der Waals surface area contributed by atoms with Crippen LogP contribution < -0.4 is 0 Å². The third-order valence-electron chi connectivity index (χ3n) is 4.72. The summed E-state index contributed by atoms with van der Waals surface area (Å²) in [6.45, 7) is 1.18. The fourth-order valence-electron chi connectivity index (χ4n) is 3.21. The summed E-state index contributed by atoms with van der Waals surface area (Å²) in [5, 5.41) is 4.06.